The topological polar surface area (TPSA) is 58.2 Å². The molecule has 4 nitrogen and oxygen atoms in total. The number of amides is 2. The average Bonchev–Trinajstić information content (AvgIpc) is 2.51. The second-order valence-corrected chi connectivity index (χ2v) is 6.55. The highest BCUT2D eigenvalue weighted by Gasteiger charge is 2.28. The van der Waals surface area contributed by atoms with Crippen molar-refractivity contribution in [1.82, 2.24) is 0 Å². The number of hydrogen-bond donors (Lipinski definition) is 2. The van der Waals surface area contributed by atoms with Crippen LogP contribution in [0.15, 0.2) is 47.4 Å². The molecule has 2 amide bonds. The van der Waals surface area contributed by atoms with E-state index in [2.05, 4.69) is 10.6 Å². The summed E-state index contributed by atoms with van der Waals surface area (Å²) in [6.07, 6.45) is 0.0281. The molecule has 6 heteroatoms. The lowest BCUT2D eigenvalue weighted by Gasteiger charge is -2.23. The fourth-order valence-corrected chi connectivity index (χ4v) is 3.39. The molecule has 2 aromatic rings. The number of para-hydroxylation sites is 1. The molecule has 0 radical (unpaired) electrons. The number of hydrogen-bond acceptors (Lipinski definition) is 3. The lowest BCUT2D eigenvalue weighted by molar-refractivity contribution is -0.120. The van der Waals surface area contributed by atoms with E-state index in [9.17, 15) is 14.0 Å². The largest absolute Gasteiger partial charge is 0.326 e. The van der Waals surface area contributed by atoms with Crippen molar-refractivity contribution in [3.63, 3.8) is 0 Å². The normalized spacial score (nSPS) is 16.4. The second kappa shape index (κ2) is 6.42. The van der Waals surface area contributed by atoms with Gasteiger partial charge in [0.15, 0.2) is 0 Å². The number of halogens is 1. The number of carbonyl (C=O) groups is 2. The van der Waals surface area contributed by atoms with E-state index in [0.29, 0.717) is 11.3 Å². The highest BCUT2D eigenvalue weighted by atomic mass is 32.2. The molecule has 0 fully saturated rings. The third-order valence-electron chi connectivity index (χ3n) is 3.53. The summed E-state index contributed by atoms with van der Waals surface area (Å²) < 4.78 is 13.5. The lowest BCUT2D eigenvalue weighted by Crippen LogP contribution is -2.32. The number of benzene rings is 2. The van der Waals surface area contributed by atoms with Crippen molar-refractivity contribution < 1.29 is 14.0 Å². The minimum Gasteiger partial charge on any atom is -0.326 e. The van der Waals surface area contributed by atoms with Gasteiger partial charge in [-0.05, 0) is 36.8 Å². The molecule has 0 bridgehead atoms. The van der Waals surface area contributed by atoms with E-state index in [1.54, 1.807) is 19.1 Å². The zero-order valence-electron chi connectivity index (χ0n) is 12.4. The first kappa shape index (κ1) is 15.6. The maximum absolute atomic E-state index is 13.5. The van der Waals surface area contributed by atoms with Gasteiger partial charge in [-0.2, -0.15) is 0 Å². The fraction of sp³-hybridized carbons (Fsp3) is 0.176. The number of carbonyl (C=O) groups excluding carboxylic acids is 2. The zero-order chi connectivity index (χ0) is 16.4. The predicted molar refractivity (Wildman–Crippen MR) is 89.1 cm³/mol. The first-order chi connectivity index (χ1) is 11.0. The molecular formula is C17H15FN2O2S. The van der Waals surface area contributed by atoms with Crippen LogP contribution in [0.3, 0.4) is 0 Å². The van der Waals surface area contributed by atoms with Crippen molar-refractivity contribution in [2.45, 2.75) is 23.5 Å². The molecule has 0 aromatic heterocycles. The standard InChI is InChI=1S/C17H15FN2O2S/c1-10-6-7-11(8-12(10)18)19-16(21)9-15-17(22)20-13-4-2-3-5-14(13)23-15/h2-8,15H,9H2,1H3,(H,19,21)(H,20,22)/t15-/m1/s1. The molecule has 0 spiro atoms. The predicted octanol–water partition coefficient (Wildman–Crippen LogP) is 3.58. The van der Waals surface area contributed by atoms with Crippen molar-refractivity contribution >= 4 is 35.0 Å². The summed E-state index contributed by atoms with van der Waals surface area (Å²) in [4.78, 5) is 25.1. The van der Waals surface area contributed by atoms with Crippen molar-refractivity contribution in [3.05, 3.63) is 53.8 Å². The molecule has 0 unspecified atom stereocenters. The molecule has 2 N–H and O–H groups in total. The van der Waals surface area contributed by atoms with E-state index in [-0.39, 0.29) is 24.1 Å². The summed E-state index contributed by atoms with van der Waals surface area (Å²) in [5.41, 5.74) is 1.67. The first-order valence-electron chi connectivity index (χ1n) is 7.15. The molecule has 3 rings (SSSR count). The number of rotatable bonds is 3. The second-order valence-electron chi connectivity index (χ2n) is 5.31. The van der Waals surface area contributed by atoms with Crippen molar-refractivity contribution in [2.75, 3.05) is 10.6 Å². The van der Waals surface area contributed by atoms with Crippen LogP contribution in [-0.2, 0) is 9.59 Å². The molecule has 23 heavy (non-hydrogen) atoms. The zero-order valence-corrected chi connectivity index (χ0v) is 13.2. The number of thioether (sulfide) groups is 1. The molecule has 1 aliphatic rings. The van der Waals surface area contributed by atoms with Gasteiger partial charge in [0.05, 0.1) is 10.9 Å². The van der Waals surface area contributed by atoms with Crippen LogP contribution in [-0.4, -0.2) is 17.1 Å². The van der Waals surface area contributed by atoms with E-state index in [4.69, 9.17) is 0 Å². The number of fused-ring (bicyclic) bond motifs is 1. The lowest BCUT2D eigenvalue weighted by atomic mass is 10.2. The number of anilines is 2. The fourth-order valence-electron chi connectivity index (χ4n) is 2.28. The maximum Gasteiger partial charge on any atom is 0.238 e. The van der Waals surface area contributed by atoms with Crippen molar-refractivity contribution in [1.29, 1.82) is 0 Å². The molecule has 1 aliphatic heterocycles. The summed E-state index contributed by atoms with van der Waals surface area (Å²) in [5, 5.41) is 4.93. The summed E-state index contributed by atoms with van der Waals surface area (Å²) in [5.74, 6) is -0.888. The Bertz CT molecular complexity index is 779. The monoisotopic (exact) mass is 330 g/mol. The summed E-state index contributed by atoms with van der Waals surface area (Å²) >= 11 is 1.36. The highest BCUT2D eigenvalue weighted by molar-refractivity contribution is 8.01. The summed E-state index contributed by atoms with van der Waals surface area (Å²) in [6, 6.07) is 12.0. The van der Waals surface area contributed by atoms with Gasteiger partial charge in [0.25, 0.3) is 0 Å². The Morgan fingerprint density at radius 2 is 2.09 bits per heavy atom. The third kappa shape index (κ3) is 3.53. The van der Waals surface area contributed by atoms with Crippen LogP contribution in [0.4, 0.5) is 15.8 Å². The van der Waals surface area contributed by atoms with Gasteiger partial charge >= 0.3 is 0 Å². The third-order valence-corrected chi connectivity index (χ3v) is 4.81. The van der Waals surface area contributed by atoms with Crippen molar-refractivity contribution in [2.24, 2.45) is 0 Å². The van der Waals surface area contributed by atoms with Gasteiger partial charge in [-0.1, -0.05) is 18.2 Å². The Labute approximate surface area is 137 Å². The Morgan fingerprint density at radius 3 is 2.87 bits per heavy atom. The smallest absolute Gasteiger partial charge is 0.238 e. The first-order valence-corrected chi connectivity index (χ1v) is 8.03. The molecule has 2 aromatic carbocycles. The minimum absolute atomic E-state index is 0.0281. The van der Waals surface area contributed by atoms with Crippen LogP contribution in [0.2, 0.25) is 0 Å². The average molecular weight is 330 g/mol. The van der Waals surface area contributed by atoms with Crippen molar-refractivity contribution in [3.8, 4) is 0 Å². The van der Waals surface area contributed by atoms with Crippen LogP contribution >= 0.6 is 11.8 Å². The SMILES string of the molecule is Cc1ccc(NC(=O)C[C@H]2Sc3ccccc3NC2=O)cc1F. The Kier molecular flexibility index (Phi) is 4.34. The highest BCUT2D eigenvalue weighted by Crippen LogP contribution is 2.36. The van der Waals surface area contributed by atoms with Gasteiger partial charge in [0, 0.05) is 17.0 Å². The van der Waals surface area contributed by atoms with Gasteiger partial charge in [0.2, 0.25) is 11.8 Å². The van der Waals surface area contributed by atoms with Crippen LogP contribution in [0.5, 0.6) is 0 Å². The van der Waals surface area contributed by atoms with E-state index >= 15 is 0 Å². The molecular weight excluding hydrogens is 315 g/mol. The number of nitrogens with one attached hydrogen (secondary N) is 2. The quantitative estimate of drug-likeness (QED) is 0.904. The van der Waals surface area contributed by atoms with Gasteiger partial charge in [-0.3, -0.25) is 9.59 Å². The minimum atomic E-state index is -0.500. The van der Waals surface area contributed by atoms with Gasteiger partial charge < -0.3 is 10.6 Å². The molecule has 118 valence electrons. The van der Waals surface area contributed by atoms with Crippen LogP contribution in [0, 0.1) is 12.7 Å². The Hall–Kier alpha value is -2.34. The summed E-state index contributed by atoms with van der Waals surface area (Å²) in [6.45, 7) is 1.65. The van der Waals surface area contributed by atoms with E-state index in [1.165, 1.54) is 17.8 Å². The van der Waals surface area contributed by atoms with Gasteiger partial charge in [-0.15, -0.1) is 11.8 Å². The van der Waals surface area contributed by atoms with Gasteiger partial charge in [-0.25, -0.2) is 4.39 Å². The Balaban J connectivity index is 1.66. The Morgan fingerprint density at radius 1 is 1.30 bits per heavy atom. The van der Waals surface area contributed by atoms with E-state index in [1.807, 2.05) is 24.3 Å². The number of aryl methyl sites for hydroxylation is 1. The van der Waals surface area contributed by atoms with E-state index < -0.39 is 5.25 Å². The maximum atomic E-state index is 13.5. The van der Waals surface area contributed by atoms with E-state index in [0.717, 1.165) is 10.6 Å². The molecule has 0 aliphatic carbocycles. The molecule has 0 saturated heterocycles. The summed E-state index contributed by atoms with van der Waals surface area (Å²) in [7, 11) is 0. The molecule has 0 saturated carbocycles. The van der Waals surface area contributed by atoms with Crippen LogP contribution in [0.1, 0.15) is 12.0 Å². The van der Waals surface area contributed by atoms with Gasteiger partial charge in [0.1, 0.15) is 5.82 Å². The van der Waals surface area contributed by atoms with Crippen LogP contribution < -0.4 is 10.6 Å². The van der Waals surface area contributed by atoms with Crippen LogP contribution in [0.25, 0.3) is 0 Å². The molecule has 1 heterocycles. The molecule has 1 atom stereocenters.